The molecule has 0 radical (unpaired) electrons. The van der Waals surface area contributed by atoms with Crippen molar-refractivity contribution in [3.8, 4) is 22.3 Å². The maximum Gasteiger partial charge on any atom is 0.246 e. The van der Waals surface area contributed by atoms with Gasteiger partial charge >= 0.3 is 0 Å². The number of hydrogen-bond donors (Lipinski definition) is 3. The largest absolute Gasteiger partial charge is 0.396 e. The Balaban J connectivity index is 0.780. The third kappa shape index (κ3) is 7.45. The maximum atomic E-state index is 12.8. The Labute approximate surface area is 314 Å². The van der Waals surface area contributed by atoms with E-state index in [2.05, 4.69) is 43.0 Å². The monoisotopic (exact) mass is 732 g/mol. The average Bonchev–Trinajstić information content (AvgIpc) is 3.66. The first-order chi connectivity index (χ1) is 26.9. The molecule has 1 aliphatic carbocycles. The summed E-state index contributed by atoms with van der Waals surface area (Å²) in [6.07, 6.45) is 14.9. The molecule has 55 heavy (non-hydrogen) atoms. The molecule has 15 nitrogen and oxygen atoms in total. The molecule has 15 heteroatoms. The standard InChI is InChI=1S/C40H36N12O3/c53-15-1-2-26-3-7-32(8-4-26)45-38(54)23-50-22-31(20-43-50)29-12-14-52-37(17-29)47-40(48-52)35-18-34(35)27-5-9-33(10-6-27)46-39(55)24-49-21-30(19-42-49)28-11-13-51-36(16-28)41-25-44-51/h3-14,16-17,19-22,25,34-35,53H,1-2,15,18,23-24H2,(H,45,54)(H,46,55). The molecule has 0 saturated heterocycles. The second-order valence-electron chi connectivity index (χ2n) is 13.7. The van der Waals surface area contributed by atoms with Crippen LogP contribution in [0.4, 0.5) is 11.4 Å². The molecule has 3 N–H and O–H groups in total. The number of benzene rings is 2. The van der Waals surface area contributed by atoms with Gasteiger partial charge < -0.3 is 15.7 Å². The zero-order valence-electron chi connectivity index (χ0n) is 29.6. The van der Waals surface area contributed by atoms with Gasteiger partial charge in [0.05, 0.1) is 12.4 Å². The van der Waals surface area contributed by atoms with Crippen molar-refractivity contribution in [3.63, 3.8) is 0 Å². The summed E-state index contributed by atoms with van der Waals surface area (Å²) in [4.78, 5) is 34.6. The van der Waals surface area contributed by atoms with E-state index in [0.29, 0.717) is 18.0 Å². The second kappa shape index (κ2) is 14.4. The van der Waals surface area contributed by atoms with Crippen LogP contribution in [0.15, 0.2) is 116 Å². The maximum absolute atomic E-state index is 12.8. The molecular formula is C40H36N12O3. The molecule has 0 aliphatic heterocycles. The number of aryl methyl sites for hydroxylation is 1. The number of nitrogens with one attached hydrogen (secondary N) is 2. The molecule has 6 heterocycles. The molecule has 2 unspecified atom stereocenters. The highest BCUT2D eigenvalue weighted by atomic mass is 16.3. The number of aliphatic hydroxyl groups is 1. The fraction of sp³-hybridized carbons (Fsp3) is 0.200. The number of anilines is 2. The molecule has 0 bridgehead atoms. The number of nitrogens with zero attached hydrogens (tertiary/aromatic N) is 10. The molecule has 1 fully saturated rings. The summed E-state index contributed by atoms with van der Waals surface area (Å²) < 4.78 is 6.71. The second-order valence-corrected chi connectivity index (χ2v) is 13.7. The lowest BCUT2D eigenvalue weighted by Gasteiger charge is -2.07. The summed E-state index contributed by atoms with van der Waals surface area (Å²) in [6, 6.07) is 23.4. The van der Waals surface area contributed by atoms with Crippen LogP contribution in [0.1, 0.15) is 41.6 Å². The Morgan fingerprint density at radius 2 is 1.33 bits per heavy atom. The highest BCUT2D eigenvalue weighted by molar-refractivity contribution is 5.91. The highest BCUT2D eigenvalue weighted by Gasteiger charge is 2.42. The van der Waals surface area contributed by atoms with E-state index in [4.69, 9.17) is 15.2 Å². The Hall–Kier alpha value is -7.00. The van der Waals surface area contributed by atoms with Crippen LogP contribution in [0.2, 0.25) is 0 Å². The fourth-order valence-electron chi connectivity index (χ4n) is 6.82. The fourth-order valence-corrected chi connectivity index (χ4v) is 6.82. The number of pyridine rings is 2. The quantitative estimate of drug-likeness (QED) is 0.148. The van der Waals surface area contributed by atoms with Crippen LogP contribution in [-0.4, -0.2) is 72.3 Å². The van der Waals surface area contributed by atoms with Gasteiger partial charge in [0.15, 0.2) is 17.1 Å². The van der Waals surface area contributed by atoms with Gasteiger partial charge in [-0.25, -0.2) is 19.0 Å². The third-order valence-electron chi connectivity index (χ3n) is 9.78. The molecule has 1 saturated carbocycles. The van der Waals surface area contributed by atoms with E-state index < -0.39 is 0 Å². The molecule has 2 aromatic carbocycles. The van der Waals surface area contributed by atoms with Gasteiger partial charge in [0.2, 0.25) is 11.8 Å². The lowest BCUT2D eigenvalue weighted by atomic mass is 10.1. The predicted molar refractivity (Wildman–Crippen MR) is 204 cm³/mol. The minimum absolute atomic E-state index is 0.0798. The summed E-state index contributed by atoms with van der Waals surface area (Å²) >= 11 is 0. The van der Waals surface area contributed by atoms with E-state index in [9.17, 15) is 9.59 Å². The first-order valence-corrected chi connectivity index (χ1v) is 18.0. The number of aliphatic hydroxyl groups excluding tert-OH is 1. The van der Waals surface area contributed by atoms with Gasteiger partial charge in [0.25, 0.3) is 0 Å². The Morgan fingerprint density at radius 1 is 0.709 bits per heavy atom. The molecule has 1 aliphatic rings. The summed E-state index contributed by atoms with van der Waals surface area (Å²) in [6.45, 7) is 0.324. The lowest BCUT2D eigenvalue weighted by molar-refractivity contribution is -0.117. The smallest absolute Gasteiger partial charge is 0.246 e. The van der Waals surface area contributed by atoms with Crippen LogP contribution in [0.3, 0.4) is 0 Å². The van der Waals surface area contributed by atoms with Gasteiger partial charge in [0, 0.05) is 59.8 Å². The number of rotatable bonds is 13. The lowest BCUT2D eigenvalue weighted by Crippen LogP contribution is -2.18. The zero-order chi connectivity index (χ0) is 37.3. The number of carbonyl (C=O) groups is 2. The van der Waals surface area contributed by atoms with E-state index >= 15 is 0 Å². The van der Waals surface area contributed by atoms with Crippen molar-refractivity contribution in [1.29, 1.82) is 0 Å². The van der Waals surface area contributed by atoms with E-state index in [1.54, 1.807) is 30.8 Å². The van der Waals surface area contributed by atoms with Gasteiger partial charge in [0.1, 0.15) is 19.4 Å². The van der Waals surface area contributed by atoms with E-state index in [1.165, 1.54) is 11.9 Å². The van der Waals surface area contributed by atoms with Gasteiger partial charge in [-0.1, -0.05) is 24.3 Å². The van der Waals surface area contributed by atoms with Crippen LogP contribution in [0.25, 0.3) is 33.5 Å². The predicted octanol–water partition coefficient (Wildman–Crippen LogP) is 4.97. The normalized spacial score (nSPS) is 15.1. The SMILES string of the molecule is O=C(Cn1cc(-c2ccn3ncnc3c2)cn1)Nc1ccc(C2CC2c2nc3cc(-c4cnn(CC(=O)Nc5ccc(CCCO)cc5)c4)ccn3n2)cc1. The van der Waals surface area contributed by atoms with Crippen molar-refractivity contribution < 1.29 is 14.7 Å². The van der Waals surface area contributed by atoms with Crippen LogP contribution < -0.4 is 10.6 Å². The van der Waals surface area contributed by atoms with Crippen molar-refractivity contribution in [2.75, 3.05) is 17.2 Å². The number of amides is 2. The van der Waals surface area contributed by atoms with Crippen molar-refractivity contribution in [2.24, 2.45) is 0 Å². The summed E-state index contributed by atoms with van der Waals surface area (Å²) in [5, 5.41) is 32.6. The molecule has 0 spiro atoms. The molecule has 274 valence electrons. The van der Waals surface area contributed by atoms with E-state index in [1.807, 2.05) is 85.5 Å². The first-order valence-electron chi connectivity index (χ1n) is 18.0. The number of aromatic nitrogens is 10. The van der Waals surface area contributed by atoms with Gasteiger partial charge in [-0.05, 0) is 96.0 Å². The molecule has 9 rings (SSSR count). The average molecular weight is 733 g/mol. The van der Waals surface area contributed by atoms with Crippen LogP contribution in [0, 0.1) is 0 Å². The van der Waals surface area contributed by atoms with Gasteiger partial charge in [-0.3, -0.25) is 19.0 Å². The van der Waals surface area contributed by atoms with Crippen molar-refractivity contribution in [1.82, 2.24) is 48.8 Å². The first kappa shape index (κ1) is 33.8. The molecule has 2 amide bonds. The number of carbonyl (C=O) groups excluding carboxylic acids is 2. The summed E-state index contributed by atoms with van der Waals surface area (Å²) in [7, 11) is 0. The summed E-state index contributed by atoms with van der Waals surface area (Å²) in [5.41, 5.74) is 8.85. The Kier molecular flexibility index (Phi) is 8.87. The molecule has 2 atom stereocenters. The van der Waals surface area contributed by atoms with Gasteiger partial charge in [-0.15, -0.1) is 0 Å². The van der Waals surface area contributed by atoms with Crippen LogP contribution in [0.5, 0.6) is 0 Å². The van der Waals surface area contributed by atoms with E-state index in [0.717, 1.165) is 63.5 Å². The topological polar surface area (TPSA) is 174 Å². The minimum atomic E-state index is -0.173. The number of fused-ring (bicyclic) bond motifs is 2. The van der Waals surface area contributed by atoms with Crippen LogP contribution in [-0.2, 0) is 29.1 Å². The molecule has 6 aromatic heterocycles. The van der Waals surface area contributed by atoms with Crippen LogP contribution >= 0.6 is 0 Å². The minimum Gasteiger partial charge on any atom is -0.396 e. The zero-order valence-corrected chi connectivity index (χ0v) is 29.6. The van der Waals surface area contributed by atoms with E-state index in [-0.39, 0.29) is 37.4 Å². The van der Waals surface area contributed by atoms with Gasteiger partial charge in [-0.2, -0.15) is 20.4 Å². The molecule has 8 aromatic rings. The molecular weight excluding hydrogens is 697 g/mol. The van der Waals surface area contributed by atoms with Crippen molar-refractivity contribution in [2.45, 2.75) is 44.2 Å². The Morgan fingerprint density at radius 3 is 1.98 bits per heavy atom. The highest BCUT2D eigenvalue weighted by Crippen LogP contribution is 2.53. The van der Waals surface area contributed by atoms with Crippen molar-refractivity contribution in [3.05, 3.63) is 133 Å². The summed E-state index contributed by atoms with van der Waals surface area (Å²) in [5.74, 6) is 0.969. The third-order valence-corrected chi connectivity index (χ3v) is 9.78. The Bertz CT molecular complexity index is 2640. The number of hydrogen-bond acceptors (Lipinski definition) is 9. The van der Waals surface area contributed by atoms with Crippen molar-refractivity contribution >= 4 is 34.5 Å².